The van der Waals surface area contributed by atoms with Crippen molar-refractivity contribution in [3.8, 4) is 0 Å². The second kappa shape index (κ2) is 7.50. The lowest BCUT2D eigenvalue weighted by atomic mass is 9.94. The molecule has 0 amide bonds. The van der Waals surface area contributed by atoms with Gasteiger partial charge in [0.25, 0.3) is 0 Å². The van der Waals surface area contributed by atoms with Crippen LogP contribution < -0.4 is 5.73 Å². The molecule has 2 unspecified atom stereocenters. The van der Waals surface area contributed by atoms with E-state index >= 15 is 0 Å². The molecule has 0 aromatic heterocycles. The highest BCUT2D eigenvalue weighted by atomic mass is 14.6. The van der Waals surface area contributed by atoms with Gasteiger partial charge in [-0.1, -0.05) is 56.5 Å². The SMILES string of the molecule is CCCC(C)CC(N)CCc1cccc(C)c1. The van der Waals surface area contributed by atoms with E-state index in [1.165, 1.54) is 30.4 Å². The monoisotopic (exact) mass is 233 g/mol. The van der Waals surface area contributed by atoms with E-state index in [-0.39, 0.29) is 0 Å². The Kier molecular flexibility index (Phi) is 6.28. The van der Waals surface area contributed by atoms with Crippen molar-refractivity contribution in [3.63, 3.8) is 0 Å². The number of hydrogen-bond acceptors (Lipinski definition) is 1. The Bertz CT molecular complexity index is 319. The van der Waals surface area contributed by atoms with Crippen molar-refractivity contribution in [3.05, 3.63) is 35.4 Å². The van der Waals surface area contributed by atoms with Crippen LogP contribution in [0.15, 0.2) is 24.3 Å². The molecular weight excluding hydrogens is 206 g/mol. The Balaban J connectivity index is 2.30. The second-order valence-corrected chi connectivity index (χ2v) is 5.42. The summed E-state index contributed by atoms with van der Waals surface area (Å²) >= 11 is 0. The van der Waals surface area contributed by atoms with Crippen LogP contribution in [0.3, 0.4) is 0 Å². The Hall–Kier alpha value is -0.820. The summed E-state index contributed by atoms with van der Waals surface area (Å²) in [6.07, 6.45) is 5.96. The summed E-state index contributed by atoms with van der Waals surface area (Å²) in [4.78, 5) is 0. The van der Waals surface area contributed by atoms with Crippen LogP contribution in [0.25, 0.3) is 0 Å². The molecule has 96 valence electrons. The second-order valence-electron chi connectivity index (χ2n) is 5.42. The quantitative estimate of drug-likeness (QED) is 0.754. The maximum Gasteiger partial charge on any atom is 0.00445 e. The molecule has 1 nitrogen and oxygen atoms in total. The highest BCUT2D eigenvalue weighted by Gasteiger charge is 2.08. The van der Waals surface area contributed by atoms with Crippen LogP contribution in [0.2, 0.25) is 0 Å². The van der Waals surface area contributed by atoms with E-state index in [1.807, 2.05) is 0 Å². The third-order valence-electron chi connectivity index (χ3n) is 3.37. The number of nitrogens with two attached hydrogens (primary N) is 1. The lowest BCUT2D eigenvalue weighted by Crippen LogP contribution is -2.23. The van der Waals surface area contributed by atoms with Crippen LogP contribution in [0, 0.1) is 12.8 Å². The van der Waals surface area contributed by atoms with Gasteiger partial charge >= 0.3 is 0 Å². The fourth-order valence-corrected chi connectivity index (χ4v) is 2.47. The Morgan fingerprint density at radius 2 is 2.00 bits per heavy atom. The van der Waals surface area contributed by atoms with E-state index in [0.29, 0.717) is 6.04 Å². The average Bonchev–Trinajstić information content (AvgIpc) is 2.27. The van der Waals surface area contributed by atoms with Crippen molar-refractivity contribution >= 4 is 0 Å². The van der Waals surface area contributed by atoms with Crippen LogP contribution in [0.4, 0.5) is 0 Å². The minimum Gasteiger partial charge on any atom is -0.328 e. The first-order valence-corrected chi connectivity index (χ1v) is 6.93. The molecule has 17 heavy (non-hydrogen) atoms. The molecule has 2 N–H and O–H groups in total. The summed E-state index contributed by atoms with van der Waals surface area (Å²) in [6, 6.07) is 9.11. The van der Waals surface area contributed by atoms with Gasteiger partial charge in [-0.2, -0.15) is 0 Å². The zero-order valence-electron chi connectivity index (χ0n) is 11.6. The zero-order chi connectivity index (χ0) is 12.7. The van der Waals surface area contributed by atoms with Crippen LogP contribution in [-0.4, -0.2) is 6.04 Å². The fourth-order valence-electron chi connectivity index (χ4n) is 2.47. The van der Waals surface area contributed by atoms with Gasteiger partial charge in [0.2, 0.25) is 0 Å². The van der Waals surface area contributed by atoms with Gasteiger partial charge < -0.3 is 5.73 Å². The lowest BCUT2D eigenvalue weighted by molar-refractivity contribution is 0.419. The minimum absolute atomic E-state index is 0.358. The first-order valence-electron chi connectivity index (χ1n) is 6.93. The van der Waals surface area contributed by atoms with Gasteiger partial charge in [-0.15, -0.1) is 0 Å². The molecule has 1 rings (SSSR count). The van der Waals surface area contributed by atoms with Gasteiger partial charge in [0.1, 0.15) is 0 Å². The summed E-state index contributed by atoms with van der Waals surface area (Å²) in [5.74, 6) is 0.771. The van der Waals surface area contributed by atoms with Gasteiger partial charge in [0, 0.05) is 6.04 Å². The van der Waals surface area contributed by atoms with E-state index in [2.05, 4.69) is 45.0 Å². The van der Waals surface area contributed by atoms with E-state index in [0.717, 1.165) is 18.8 Å². The molecule has 0 bridgehead atoms. The third-order valence-corrected chi connectivity index (χ3v) is 3.37. The molecule has 0 heterocycles. The standard InChI is InChI=1S/C16H27N/c1-4-6-13(2)12-16(17)10-9-15-8-5-7-14(3)11-15/h5,7-8,11,13,16H,4,6,9-10,12,17H2,1-3H3. The minimum atomic E-state index is 0.358. The maximum atomic E-state index is 6.19. The van der Waals surface area contributed by atoms with E-state index in [9.17, 15) is 0 Å². The molecule has 1 aromatic carbocycles. The zero-order valence-corrected chi connectivity index (χ0v) is 11.6. The van der Waals surface area contributed by atoms with Crippen LogP contribution in [0.5, 0.6) is 0 Å². The lowest BCUT2D eigenvalue weighted by Gasteiger charge is -2.16. The summed E-state index contributed by atoms with van der Waals surface area (Å²) in [6.45, 7) is 6.71. The van der Waals surface area contributed by atoms with Gasteiger partial charge in [-0.05, 0) is 37.7 Å². The number of hydrogen-bond donors (Lipinski definition) is 1. The molecule has 1 heteroatoms. The predicted octanol–water partition coefficient (Wildman–Crippen LogP) is 4.08. The smallest absolute Gasteiger partial charge is 0.00445 e. The van der Waals surface area contributed by atoms with Gasteiger partial charge in [0.15, 0.2) is 0 Å². The molecule has 0 aliphatic heterocycles. The summed E-state index contributed by atoms with van der Waals surface area (Å²) in [7, 11) is 0. The van der Waals surface area contributed by atoms with E-state index in [1.54, 1.807) is 0 Å². The van der Waals surface area contributed by atoms with E-state index < -0.39 is 0 Å². The normalized spacial score (nSPS) is 14.6. The van der Waals surface area contributed by atoms with Gasteiger partial charge in [0.05, 0.1) is 0 Å². The Labute approximate surface area is 106 Å². The Morgan fingerprint density at radius 1 is 1.24 bits per heavy atom. The summed E-state index contributed by atoms with van der Waals surface area (Å²) in [5, 5.41) is 0. The van der Waals surface area contributed by atoms with Crippen LogP contribution >= 0.6 is 0 Å². The van der Waals surface area contributed by atoms with Crippen molar-refractivity contribution in [2.45, 2.75) is 58.9 Å². The average molecular weight is 233 g/mol. The fraction of sp³-hybridized carbons (Fsp3) is 0.625. The van der Waals surface area contributed by atoms with Gasteiger partial charge in [-0.25, -0.2) is 0 Å². The molecule has 0 aliphatic rings. The summed E-state index contributed by atoms with van der Waals surface area (Å²) < 4.78 is 0. The van der Waals surface area contributed by atoms with Crippen LogP contribution in [-0.2, 0) is 6.42 Å². The predicted molar refractivity (Wildman–Crippen MR) is 76.2 cm³/mol. The first-order chi connectivity index (χ1) is 8.11. The number of rotatable bonds is 7. The molecule has 0 saturated heterocycles. The molecule has 0 saturated carbocycles. The van der Waals surface area contributed by atoms with E-state index in [4.69, 9.17) is 5.73 Å². The number of aryl methyl sites for hydroxylation is 2. The molecule has 2 atom stereocenters. The van der Waals surface area contributed by atoms with Crippen molar-refractivity contribution in [1.29, 1.82) is 0 Å². The molecule has 0 aliphatic carbocycles. The highest BCUT2D eigenvalue weighted by Crippen LogP contribution is 2.15. The third kappa shape index (κ3) is 5.88. The largest absolute Gasteiger partial charge is 0.328 e. The van der Waals surface area contributed by atoms with Crippen molar-refractivity contribution < 1.29 is 0 Å². The topological polar surface area (TPSA) is 26.0 Å². The van der Waals surface area contributed by atoms with Crippen molar-refractivity contribution in [2.75, 3.05) is 0 Å². The summed E-state index contributed by atoms with van der Waals surface area (Å²) in [5.41, 5.74) is 8.95. The number of benzene rings is 1. The van der Waals surface area contributed by atoms with Crippen molar-refractivity contribution in [2.24, 2.45) is 11.7 Å². The van der Waals surface area contributed by atoms with Crippen molar-refractivity contribution in [1.82, 2.24) is 0 Å². The highest BCUT2D eigenvalue weighted by molar-refractivity contribution is 5.22. The molecule has 0 radical (unpaired) electrons. The Morgan fingerprint density at radius 3 is 2.65 bits per heavy atom. The first kappa shape index (κ1) is 14.2. The van der Waals surface area contributed by atoms with Crippen LogP contribution in [0.1, 0.15) is 50.7 Å². The van der Waals surface area contributed by atoms with Gasteiger partial charge in [-0.3, -0.25) is 0 Å². The molecule has 0 spiro atoms. The molecule has 1 aromatic rings. The molecular formula is C16H27N. The molecule has 0 fully saturated rings. The maximum absolute atomic E-state index is 6.19.